The lowest BCUT2D eigenvalue weighted by molar-refractivity contribution is 0.0605. The van der Waals surface area contributed by atoms with E-state index in [1.807, 2.05) is 31.2 Å². The Morgan fingerprint density at radius 2 is 2.12 bits per heavy atom. The van der Waals surface area contributed by atoms with Crippen LogP contribution >= 0.6 is 11.6 Å². The molecule has 0 bridgehead atoms. The first-order valence-electron chi connectivity index (χ1n) is 8.31. The molecule has 3 rings (SSSR count). The fraction of sp³-hybridized carbons (Fsp3) is 0.444. The largest absolute Gasteiger partial charge is 0.331 e. The molecule has 0 spiro atoms. The third-order valence-corrected chi connectivity index (χ3v) is 4.97. The van der Waals surface area contributed by atoms with Gasteiger partial charge in [0.1, 0.15) is 5.56 Å². The Bertz CT molecular complexity index is 759. The molecule has 6 heteroatoms. The SMILES string of the molecule is CCc1nn(C)c(F)c1C(=O)N1CCCCC1c1ccccc1Cl. The summed E-state index contributed by atoms with van der Waals surface area (Å²) in [4.78, 5) is 14.9. The maximum Gasteiger partial charge on any atom is 0.260 e. The van der Waals surface area contributed by atoms with E-state index in [1.54, 1.807) is 4.90 Å². The van der Waals surface area contributed by atoms with Gasteiger partial charge in [0, 0.05) is 18.6 Å². The second-order valence-corrected chi connectivity index (χ2v) is 6.53. The van der Waals surface area contributed by atoms with Crippen LogP contribution in [0.25, 0.3) is 0 Å². The van der Waals surface area contributed by atoms with Crippen molar-refractivity contribution in [1.82, 2.24) is 14.7 Å². The summed E-state index contributed by atoms with van der Waals surface area (Å²) in [6, 6.07) is 7.44. The molecule has 24 heavy (non-hydrogen) atoms. The highest BCUT2D eigenvalue weighted by atomic mass is 35.5. The van der Waals surface area contributed by atoms with Crippen molar-refractivity contribution in [2.75, 3.05) is 6.54 Å². The van der Waals surface area contributed by atoms with Gasteiger partial charge in [-0.05, 0) is 37.3 Å². The van der Waals surface area contributed by atoms with Crippen LogP contribution in [0, 0.1) is 5.95 Å². The Labute approximate surface area is 146 Å². The van der Waals surface area contributed by atoms with Gasteiger partial charge >= 0.3 is 0 Å². The van der Waals surface area contributed by atoms with E-state index in [1.165, 1.54) is 7.05 Å². The molecular formula is C18H21ClFN3O. The summed E-state index contributed by atoms with van der Waals surface area (Å²) in [5, 5.41) is 4.77. The van der Waals surface area contributed by atoms with Crippen LogP contribution in [0.5, 0.6) is 0 Å². The quantitative estimate of drug-likeness (QED) is 0.835. The smallest absolute Gasteiger partial charge is 0.260 e. The van der Waals surface area contributed by atoms with Crippen LogP contribution in [0.2, 0.25) is 5.02 Å². The van der Waals surface area contributed by atoms with Crippen molar-refractivity contribution in [2.45, 2.75) is 38.6 Å². The molecule has 0 radical (unpaired) electrons. The molecule has 0 saturated carbocycles. The normalized spacial score (nSPS) is 18.0. The Morgan fingerprint density at radius 1 is 1.38 bits per heavy atom. The first kappa shape index (κ1) is 17.0. The van der Waals surface area contributed by atoms with Crippen LogP contribution in [-0.4, -0.2) is 27.1 Å². The molecule has 4 nitrogen and oxygen atoms in total. The number of benzene rings is 1. The van der Waals surface area contributed by atoms with Crippen LogP contribution in [0.15, 0.2) is 24.3 Å². The predicted octanol–water partition coefficient (Wildman–Crippen LogP) is 4.14. The van der Waals surface area contributed by atoms with Gasteiger partial charge in [-0.15, -0.1) is 0 Å². The first-order chi connectivity index (χ1) is 11.5. The van der Waals surface area contributed by atoms with Gasteiger partial charge in [-0.1, -0.05) is 36.7 Å². The lowest BCUT2D eigenvalue weighted by atomic mass is 9.94. The van der Waals surface area contributed by atoms with Gasteiger partial charge in [0.15, 0.2) is 0 Å². The fourth-order valence-electron chi connectivity index (χ4n) is 3.40. The van der Waals surface area contributed by atoms with Crippen molar-refractivity contribution in [3.05, 3.63) is 52.1 Å². The van der Waals surface area contributed by atoms with Crippen molar-refractivity contribution in [2.24, 2.45) is 7.05 Å². The summed E-state index contributed by atoms with van der Waals surface area (Å²) in [5.41, 5.74) is 1.52. The zero-order chi connectivity index (χ0) is 17.3. The van der Waals surface area contributed by atoms with Gasteiger partial charge in [-0.3, -0.25) is 4.79 Å². The minimum atomic E-state index is -0.569. The number of rotatable bonds is 3. The number of piperidine rings is 1. The van der Waals surface area contributed by atoms with E-state index in [2.05, 4.69) is 5.10 Å². The van der Waals surface area contributed by atoms with Crippen molar-refractivity contribution < 1.29 is 9.18 Å². The second-order valence-electron chi connectivity index (χ2n) is 6.12. The number of aromatic nitrogens is 2. The highest BCUT2D eigenvalue weighted by Gasteiger charge is 2.33. The van der Waals surface area contributed by atoms with E-state index in [9.17, 15) is 9.18 Å². The standard InChI is InChI=1S/C18H21ClFN3O/c1-3-14-16(17(20)22(2)21-14)18(24)23-11-7-6-10-15(23)12-8-4-5-9-13(12)19/h4-5,8-9,15H,3,6-7,10-11H2,1-2H3. The van der Waals surface area contributed by atoms with Gasteiger partial charge in [0.25, 0.3) is 5.91 Å². The predicted molar refractivity (Wildman–Crippen MR) is 91.6 cm³/mol. The molecule has 1 fully saturated rings. The Hall–Kier alpha value is -1.88. The fourth-order valence-corrected chi connectivity index (χ4v) is 3.66. The lowest BCUT2D eigenvalue weighted by Gasteiger charge is -2.36. The highest BCUT2D eigenvalue weighted by Crippen LogP contribution is 2.36. The topological polar surface area (TPSA) is 38.1 Å². The number of aryl methyl sites for hydroxylation is 2. The van der Waals surface area contributed by atoms with Gasteiger partial charge in [-0.2, -0.15) is 9.49 Å². The summed E-state index contributed by atoms with van der Waals surface area (Å²) in [7, 11) is 1.52. The number of likely N-dealkylation sites (tertiary alicyclic amines) is 1. The highest BCUT2D eigenvalue weighted by molar-refractivity contribution is 6.31. The maximum atomic E-state index is 14.5. The summed E-state index contributed by atoms with van der Waals surface area (Å²) < 4.78 is 15.6. The molecule has 0 N–H and O–H groups in total. The molecule has 1 atom stereocenters. The van der Waals surface area contributed by atoms with Gasteiger partial charge in [0.05, 0.1) is 11.7 Å². The van der Waals surface area contributed by atoms with E-state index in [-0.39, 0.29) is 17.5 Å². The van der Waals surface area contributed by atoms with Gasteiger partial charge in [0.2, 0.25) is 5.95 Å². The van der Waals surface area contributed by atoms with Crippen molar-refractivity contribution in [3.63, 3.8) is 0 Å². The number of carbonyl (C=O) groups is 1. The van der Waals surface area contributed by atoms with Gasteiger partial charge in [-0.25, -0.2) is 4.68 Å². The average molecular weight is 350 g/mol. The van der Waals surface area contributed by atoms with E-state index in [0.29, 0.717) is 23.7 Å². The molecule has 1 aromatic carbocycles. The molecule has 128 valence electrons. The maximum absolute atomic E-state index is 14.5. The van der Waals surface area contributed by atoms with E-state index in [0.717, 1.165) is 29.5 Å². The lowest BCUT2D eigenvalue weighted by Crippen LogP contribution is -2.39. The van der Waals surface area contributed by atoms with E-state index < -0.39 is 5.95 Å². The number of hydrogen-bond acceptors (Lipinski definition) is 2. The Balaban J connectivity index is 2.00. The van der Waals surface area contributed by atoms with Gasteiger partial charge < -0.3 is 4.90 Å². The minimum Gasteiger partial charge on any atom is -0.331 e. The zero-order valence-electron chi connectivity index (χ0n) is 13.9. The van der Waals surface area contributed by atoms with E-state index in [4.69, 9.17) is 11.6 Å². The number of carbonyl (C=O) groups excluding carboxylic acids is 1. The zero-order valence-corrected chi connectivity index (χ0v) is 14.7. The molecule has 1 aromatic heterocycles. The van der Waals surface area contributed by atoms with Crippen molar-refractivity contribution in [3.8, 4) is 0 Å². The van der Waals surface area contributed by atoms with E-state index >= 15 is 0 Å². The van der Waals surface area contributed by atoms with Crippen LogP contribution < -0.4 is 0 Å². The summed E-state index contributed by atoms with van der Waals surface area (Å²) in [6.45, 7) is 2.48. The third kappa shape index (κ3) is 2.93. The summed E-state index contributed by atoms with van der Waals surface area (Å²) >= 11 is 6.34. The van der Waals surface area contributed by atoms with Crippen LogP contribution in [0.1, 0.15) is 53.8 Å². The van der Waals surface area contributed by atoms with Crippen molar-refractivity contribution >= 4 is 17.5 Å². The minimum absolute atomic E-state index is 0.0963. The number of amides is 1. The molecule has 1 unspecified atom stereocenters. The summed E-state index contributed by atoms with van der Waals surface area (Å²) in [5.74, 6) is -0.859. The third-order valence-electron chi connectivity index (χ3n) is 4.63. The molecule has 2 heterocycles. The molecule has 1 aliphatic heterocycles. The monoisotopic (exact) mass is 349 g/mol. The van der Waals surface area contributed by atoms with Crippen molar-refractivity contribution in [1.29, 1.82) is 0 Å². The molecule has 0 aliphatic carbocycles. The Kier molecular flexibility index (Phi) is 4.90. The van der Waals surface area contributed by atoms with Crippen LogP contribution in [0.4, 0.5) is 4.39 Å². The molecule has 1 amide bonds. The van der Waals surface area contributed by atoms with Crippen LogP contribution in [-0.2, 0) is 13.5 Å². The molecule has 1 saturated heterocycles. The summed E-state index contributed by atoms with van der Waals surface area (Å²) in [6.07, 6.45) is 3.29. The average Bonchev–Trinajstić information content (AvgIpc) is 2.89. The Morgan fingerprint density at radius 3 is 2.83 bits per heavy atom. The number of halogens is 2. The first-order valence-corrected chi connectivity index (χ1v) is 8.69. The molecule has 1 aliphatic rings. The second kappa shape index (κ2) is 6.93. The number of nitrogens with zero attached hydrogens (tertiary/aromatic N) is 3. The molecule has 2 aromatic rings. The number of hydrogen-bond donors (Lipinski definition) is 0. The van der Waals surface area contributed by atoms with Crippen LogP contribution in [0.3, 0.4) is 0 Å². The molecular weight excluding hydrogens is 329 g/mol.